The molecule has 1 heterocycles. The van der Waals surface area contributed by atoms with Crippen LogP contribution in [-0.2, 0) is 0 Å². The minimum atomic E-state index is 0.306. The van der Waals surface area contributed by atoms with Crippen molar-refractivity contribution in [3.63, 3.8) is 0 Å². The summed E-state index contributed by atoms with van der Waals surface area (Å²) in [7, 11) is 0. The second-order valence-electron chi connectivity index (χ2n) is 2.29. The third-order valence-corrected chi connectivity index (χ3v) is 1.93. The van der Waals surface area contributed by atoms with Gasteiger partial charge >= 0.3 is 0 Å². The highest BCUT2D eigenvalue weighted by Gasteiger charge is 2.00. The van der Waals surface area contributed by atoms with E-state index < -0.39 is 0 Å². The van der Waals surface area contributed by atoms with E-state index in [2.05, 4.69) is 4.98 Å². The van der Waals surface area contributed by atoms with E-state index in [-0.39, 0.29) is 0 Å². The number of aromatic nitrogens is 1. The Balaban J connectivity index is 0.000000791. The van der Waals surface area contributed by atoms with Crippen molar-refractivity contribution in [2.24, 2.45) is 0 Å². The van der Waals surface area contributed by atoms with Gasteiger partial charge in [0.2, 0.25) is 0 Å². The van der Waals surface area contributed by atoms with Gasteiger partial charge in [0.25, 0.3) is 0 Å². The fourth-order valence-electron chi connectivity index (χ4n) is 0.703. The molecule has 0 aliphatic carbocycles. The van der Waals surface area contributed by atoms with Crippen LogP contribution in [0.25, 0.3) is 0 Å². The van der Waals surface area contributed by atoms with Crippen LogP contribution < -0.4 is 4.74 Å². The molecular formula is C10H15Cl2NO. The first kappa shape index (κ1) is 13.5. The third-order valence-electron chi connectivity index (χ3n) is 1.24. The highest BCUT2D eigenvalue weighted by atomic mass is 35.5. The highest BCUT2D eigenvalue weighted by molar-refractivity contribution is 6.41. The van der Waals surface area contributed by atoms with Gasteiger partial charge in [-0.25, -0.2) is 4.98 Å². The van der Waals surface area contributed by atoms with Gasteiger partial charge in [-0.15, -0.1) is 0 Å². The molecule has 14 heavy (non-hydrogen) atoms. The summed E-state index contributed by atoms with van der Waals surface area (Å²) in [4.78, 5) is 3.84. The lowest BCUT2D eigenvalue weighted by molar-refractivity contribution is 0.316. The van der Waals surface area contributed by atoms with Gasteiger partial charge < -0.3 is 4.74 Å². The fourth-order valence-corrected chi connectivity index (χ4v) is 0.962. The molecule has 0 atom stereocenters. The van der Waals surface area contributed by atoms with E-state index in [9.17, 15) is 0 Å². The minimum Gasteiger partial charge on any atom is -0.492 e. The Morgan fingerprint density at radius 1 is 1.36 bits per heavy atom. The number of hydrogen-bond acceptors (Lipinski definition) is 2. The van der Waals surface area contributed by atoms with Crippen LogP contribution in [0.2, 0.25) is 10.2 Å². The molecule has 0 aromatic carbocycles. The molecule has 0 saturated carbocycles. The van der Waals surface area contributed by atoms with E-state index in [4.69, 9.17) is 27.9 Å². The summed E-state index contributed by atoms with van der Waals surface area (Å²) < 4.78 is 5.29. The van der Waals surface area contributed by atoms with Crippen LogP contribution >= 0.6 is 23.2 Å². The lowest BCUT2D eigenvalue weighted by Crippen LogP contribution is -1.95. The summed E-state index contributed by atoms with van der Waals surface area (Å²) in [5, 5.41) is 0.728. The quantitative estimate of drug-likeness (QED) is 0.733. The van der Waals surface area contributed by atoms with Gasteiger partial charge in [0.1, 0.15) is 10.9 Å². The lowest BCUT2D eigenvalue weighted by atomic mass is 10.4. The van der Waals surface area contributed by atoms with Crippen molar-refractivity contribution >= 4 is 23.2 Å². The molecule has 0 N–H and O–H groups in total. The van der Waals surface area contributed by atoms with Crippen molar-refractivity contribution in [2.45, 2.75) is 27.2 Å². The number of nitrogens with zero attached hydrogens (tertiary/aromatic N) is 1. The molecule has 1 aromatic rings. The molecule has 1 rings (SSSR count). The number of ether oxygens (including phenoxy) is 1. The van der Waals surface area contributed by atoms with E-state index in [0.717, 1.165) is 6.42 Å². The topological polar surface area (TPSA) is 22.1 Å². The van der Waals surface area contributed by atoms with Crippen LogP contribution in [0.4, 0.5) is 0 Å². The van der Waals surface area contributed by atoms with Crippen molar-refractivity contribution in [3.8, 4) is 5.75 Å². The van der Waals surface area contributed by atoms with Gasteiger partial charge in [0.05, 0.1) is 17.8 Å². The highest BCUT2D eigenvalue weighted by Crippen LogP contribution is 2.23. The fraction of sp³-hybridized carbons (Fsp3) is 0.500. The molecule has 4 heteroatoms. The summed E-state index contributed by atoms with van der Waals surface area (Å²) in [6.45, 7) is 6.70. The van der Waals surface area contributed by atoms with Gasteiger partial charge in [-0.2, -0.15) is 0 Å². The van der Waals surface area contributed by atoms with Crippen molar-refractivity contribution in [1.82, 2.24) is 4.98 Å². The molecule has 0 saturated heterocycles. The maximum Gasteiger partial charge on any atom is 0.147 e. The predicted molar refractivity (Wildman–Crippen MR) is 61.4 cm³/mol. The van der Waals surface area contributed by atoms with E-state index in [1.165, 1.54) is 0 Å². The zero-order valence-electron chi connectivity index (χ0n) is 8.68. The molecule has 0 spiro atoms. The zero-order chi connectivity index (χ0) is 11.0. The first-order chi connectivity index (χ1) is 6.74. The third kappa shape index (κ3) is 4.68. The first-order valence-electron chi connectivity index (χ1n) is 4.68. The van der Waals surface area contributed by atoms with Crippen molar-refractivity contribution in [2.75, 3.05) is 6.61 Å². The van der Waals surface area contributed by atoms with E-state index in [1.807, 2.05) is 20.8 Å². The molecule has 0 aliphatic heterocycles. The number of rotatable bonds is 3. The van der Waals surface area contributed by atoms with Crippen LogP contribution in [0.3, 0.4) is 0 Å². The van der Waals surface area contributed by atoms with Gasteiger partial charge in [-0.1, -0.05) is 44.0 Å². The second kappa shape index (κ2) is 7.89. The van der Waals surface area contributed by atoms with Crippen molar-refractivity contribution in [1.29, 1.82) is 0 Å². The van der Waals surface area contributed by atoms with Crippen LogP contribution in [0.15, 0.2) is 12.3 Å². The Morgan fingerprint density at radius 3 is 2.50 bits per heavy atom. The molecule has 0 radical (unpaired) electrons. The molecule has 2 nitrogen and oxygen atoms in total. The summed E-state index contributed by atoms with van der Waals surface area (Å²) in [6, 6.07) is 1.66. The van der Waals surface area contributed by atoms with Crippen LogP contribution in [-0.4, -0.2) is 11.6 Å². The van der Waals surface area contributed by atoms with Crippen LogP contribution in [0.1, 0.15) is 27.2 Å². The summed E-state index contributed by atoms with van der Waals surface area (Å²) in [5.41, 5.74) is 0. The predicted octanol–water partition coefficient (Wildman–Crippen LogP) is 4.20. The number of pyridine rings is 1. The summed E-state index contributed by atoms with van der Waals surface area (Å²) in [5.74, 6) is 0.659. The van der Waals surface area contributed by atoms with Crippen molar-refractivity contribution in [3.05, 3.63) is 22.4 Å². The first-order valence-corrected chi connectivity index (χ1v) is 5.43. The monoisotopic (exact) mass is 235 g/mol. The largest absolute Gasteiger partial charge is 0.492 e. The molecule has 0 unspecified atom stereocenters. The zero-order valence-corrected chi connectivity index (χ0v) is 10.2. The molecule has 0 fully saturated rings. The summed E-state index contributed by atoms with van der Waals surface area (Å²) in [6.07, 6.45) is 2.52. The molecule has 0 bridgehead atoms. The maximum absolute atomic E-state index is 5.72. The summed E-state index contributed by atoms with van der Waals surface area (Å²) >= 11 is 11.3. The van der Waals surface area contributed by atoms with Crippen LogP contribution in [0.5, 0.6) is 5.75 Å². The lowest BCUT2D eigenvalue weighted by Gasteiger charge is -2.03. The standard InChI is InChI=1S/C8H9Cl2NO.C2H6/c1-2-3-12-6-4-7(9)8(10)11-5-6;1-2/h4-5H,2-3H2,1H3;1-2H3. The Kier molecular flexibility index (Phi) is 7.63. The van der Waals surface area contributed by atoms with Gasteiger partial charge in [-0.05, 0) is 6.42 Å². The smallest absolute Gasteiger partial charge is 0.147 e. The molecular weight excluding hydrogens is 221 g/mol. The SMILES string of the molecule is CC.CCCOc1cnc(Cl)c(Cl)c1. The van der Waals surface area contributed by atoms with E-state index >= 15 is 0 Å². The normalized spacial score (nSPS) is 8.93. The molecule has 0 aliphatic rings. The second-order valence-corrected chi connectivity index (χ2v) is 3.06. The molecule has 80 valence electrons. The minimum absolute atomic E-state index is 0.306. The Bertz CT molecular complexity index is 266. The van der Waals surface area contributed by atoms with Crippen molar-refractivity contribution < 1.29 is 4.74 Å². The van der Waals surface area contributed by atoms with E-state index in [0.29, 0.717) is 22.5 Å². The number of hydrogen-bond donors (Lipinski definition) is 0. The van der Waals surface area contributed by atoms with Gasteiger partial charge in [-0.3, -0.25) is 0 Å². The number of halogens is 2. The van der Waals surface area contributed by atoms with Gasteiger partial charge in [0.15, 0.2) is 0 Å². The average molecular weight is 236 g/mol. The Hall–Kier alpha value is -0.470. The van der Waals surface area contributed by atoms with Crippen LogP contribution in [0, 0.1) is 0 Å². The Morgan fingerprint density at radius 2 is 2.00 bits per heavy atom. The van der Waals surface area contributed by atoms with Gasteiger partial charge in [0, 0.05) is 6.07 Å². The Labute approximate surface area is 95.2 Å². The molecule has 1 aromatic heterocycles. The molecule has 0 amide bonds. The van der Waals surface area contributed by atoms with E-state index in [1.54, 1.807) is 12.3 Å². The average Bonchev–Trinajstić information content (AvgIpc) is 2.23. The maximum atomic E-state index is 5.72.